The van der Waals surface area contributed by atoms with Crippen molar-refractivity contribution in [3.63, 3.8) is 0 Å². The molecule has 0 saturated carbocycles. The molecule has 0 aliphatic carbocycles. The molecule has 2 saturated heterocycles. The lowest BCUT2D eigenvalue weighted by atomic mass is 10.0. The minimum atomic E-state index is 0.122. The first-order chi connectivity index (χ1) is 11.7. The van der Waals surface area contributed by atoms with Crippen molar-refractivity contribution in [2.24, 2.45) is 0 Å². The number of nitrogens with zero attached hydrogens (tertiary/aromatic N) is 2. The van der Waals surface area contributed by atoms with Gasteiger partial charge in [0, 0.05) is 51.6 Å². The van der Waals surface area contributed by atoms with Crippen LogP contribution >= 0.6 is 0 Å². The lowest BCUT2D eigenvalue weighted by molar-refractivity contribution is -0.122. The SMILES string of the molecule is CCCNC(=O)CCN1CCCC1C1CCCN1CCC(=O)NC. The Morgan fingerprint density at radius 3 is 2.00 bits per heavy atom. The number of rotatable bonds is 9. The molecule has 0 radical (unpaired) electrons. The van der Waals surface area contributed by atoms with Gasteiger partial charge in [0.1, 0.15) is 0 Å². The van der Waals surface area contributed by atoms with E-state index < -0.39 is 0 Å². The van der Waals surface area contributed by atoms with E-state index in [9.17, 15) is 9.59 Å². The molecule has 2 fully saturated rings. The molecule has 6 nitrogen and oxygen atoms in total. The molecule has 2 aliphatic heterocycles. The van der Waals surface area contributed by atoms with Crippen molar-refractivity contribution < 1.29 is 9.59 Å². The Morgan fingerprint density at radius 2 is 1.50 bits per heavy atom. The molecule has 0 aromatic carbocycles. The number of likely N-dealkylation sites (tertiary alicyclic amines) is 2. The van der Waals surface area contributed by atoms with Crippen molar-refractivity contribution in [1.82, 2.24) is 20.4 Å². The maximum Gasteiger partial charge on any atom is 0.221 e. The number of hydrogen-bond acceptors (Lipinski definition) is 4. The normalized spacial score (nSPS) is 25.1. The van der Waals surface area contributed by atoms with Gasteiger partial charge in [-0.15, -0.1) is 0 Å². The van der Waals surface area contributed by atoms with Crippen LogP contribution in [0.5, 0.6) is 0 Å². The largest absolute Gasteiger partial charge is 0.359 e. The summed E-state index contributed by atoms with van der Waals surface area (Å²) in [6.45, 7) is 6.77. The standard InChI is InChI=1S/C18H34N4O2/c1-3-10-20-18(24)9-14-22-12-5-7-16(22)15-6-4-11-21(15)13-8-17(23)19-2/h15-16H,3-14H2,1-2H3,(H,19,23)(H,20,24). The summed E-state index contributed by atoms with van der Waals surface area (Å²) in [6, 6.07) is 1.10. The van der Waals surface area contributed by atoms with E-state index in [1.54, 1.807) is 7.05 Å². The second-order valence-corrected chi connectivity index (χ2v) is 7.01. The molecule has 0 spiro atoms. The molecule has 6 heteroatoms. The Labute approximate surface area is 146 Å². The second kappa shape index (κ2) is 9.99. The van der Waals surface area contributed by atoms with E-state index >= 15 is 0 Å². The lowest BCUT2D eigenvalue weighted by Crippen LogP contribution is -2.47. The molecule has 2 amide bonds. The lowest BCUT2D eigenvalue weighted by Gasteiger charge is -2.35. The first-order valence-electron chi connectivity index (χ1n) is 9.61. The van der Waals surface area contributed by atoms with Gasteiger partial charge >= 0.3 is 0 Å². The summed E-state index contributed by atoms with van der Waals surface area (Å²) < 4.78 is 0. The quantitative estimate of drug-likeness (QED) is 0.657. The zero-order valence-corrected chi connectivity index (χ0v) is 15.4. The summed E-state index contributed by atoms with van der Waals surface area (Å²) in [5.74, 6) is 0.293. The van der Waals surface area contributed by atoms with E-state index in [1.807, 2.05) is 0 Å². The molecule has 2 rings (SSSR count). The Morgan fingerprint density at radius 1 is 0.958 bits per heavy atom. The average Bonchev–Trinajstić information content (AvgIpc) is 3.23. The molecular weight excluding hydrogens is 304 g/mol. The van der Waals surface area contributed by atoms with Gasteiger partial charge in [-0.2, -0.15) is 0 Å². The van der Waals surface area contributed by atoms with Crippen LogP contribution in [0, 0.1) is 0 Å². The second-order valence-electron chi connectivity index (χ2n) is 7.01. The van der Waals surface area contributed by atoms with E-state index in [4.69, 9.17) is 0 Å². The molecule has 2 N–H and O–H groups in total. The van der Waals surface area contributed by atoms with Crippen molar-refractivity contribution in [3.05, 3.63) is 0 Å². The van der Waals surface area contributed by atoms with Gasteiger partial charge in [-0.3, -0.25) is 19.4 Å². The maximum atomic E-state index is 11.9. The van der Waals surface area contributed by atoms with Crippen molar-refractivity contribution in [1.29, 1.82) is 0 Å². The Bertz CT molecular complexity index is 416. The number of nitrogens with one attached hydrogen (secondary N) is 2. The van der Waals surface area contributed by atoms with Gasteiger partial charge in [-0.1, -0.05) is 6.92 Å². The molecule has 2 atom stereocenters. The molecule has 0 aromatic heterocycles. The van der Waals surface area contributed by atoms with Gasteiger partial charge in [0.05, 0.1) is 0 Å². The summed E-state index contributed by atoms with van der Waals surface area (Å²) in [6.07, 6.45) is 7.05. The summed E-state index contributed by atoms with van der Waals surface area (Å²) in [4.78, 5) is 28.4. The first-order valence-corrected chi connectivity index (χ1v) is 9.61. The summed E-state index contributed by atoms with van der Waals surface area (Å²) in [7, 11) is 1.70. The van der Waals surface area contributed by atoms with Crippen LogP contribution in [0.15, 0.2) is 0 Å². The smallest absolute Gasteiger partial charge is 0.221 e. The molecule has 2 heterocycles. The predicted molar refractivity (Wildman–Crippen MR) is 95.8 cm³/mol. The first kappa shape index (κ1) is 19.2. The Balaban J connectivity index is 1.82. The van der Waals surface area contributed by atoms with Crippen molar-refractivity contribution >= 4 is 11.8 Å². The molecular formula is C18H34N4O2. The Kier molecular flexibility index (Phi) is 7.99. The Hall–Kier alpha value is -1.14. The van der Waals surface area contributed by atoms with Crippen molar-refractivity contribution in [3.8, 4) is 0 Å². The number of hydrogen-bond donors (Lipinski definition) is 2. The predicted octanol–water partition coefficient (Wildman–Crippen LogP) is 0.968. The van der Waals surface area contributed by atoms with Crippen LogP contribution in [-0.2, 0) is 9.59 Å². The molecule has 24 heavy (non-hydrogen) atoms. The van der Waals surface area contributed by atoms with Crippen molar-refractivity contribution in [2.45, 2.75) is 64.0 Å². The zero-order chi connectivity index (χ0) is 17.4. The fraction of sp³-hybridized carbons (Fsp3) is 0.889. The van der Waals surface area contributed by atoms with E-state index in [0.29, 0.717) is 24.9 Å². The van der Waals surface area contributed by atoms with Gasteiger partial charge in [-0.25, -0.2) is 0 Å². The van der Waals surface area contributed by atoms with E-state index in [0.717, 1.165) is 39.1 Å². The minimum absolute atomic E-state index is 0.122. The number of carbonyl (C=O) groups is 2. The fourth-order valence-electron chi connectivity index (χ4n) is 4.10. The fourth-order valence-corrected chi connectivity index (χ4v) is 4.10. The van der Waals surface area contributed by atoms with E-state index in [2.05, 4.69) is 27.4 Å². The minimum Gasteiger partial charge on any atom is -0.359 e. The van der Waals surface area contributed by atoms with Crippen LogP contribution in [0.3, 0.4) is 0 Å². The van der Waals surface area contributed by atoms with Gasteiger partial charge in [0.15, 0.2) is 0 Å². The zero-order valence-electron chi connectivity index (χ0n) is 15.4. The van der Waals surface area contributed by atoms with Gasteiger partial charge in [0.2, 0.25) is 11.8 Å². The van der Waals surface area contributed by atoms with Gasteiger partial charge < -0.3 is 10.6 Å². The highest BCUT2D eigenvalue weighted by Gasteiger charge is 2.37. The molecule has 2 unspecified atom stereocenters. The number of carbonyl (C=O) groups excluding carboxylic acids is 2. The van der Waals surface area contributed by atoms with Crippen LogP contribution in [0.1, 0.15) is 51.9 Å². The third-order valence-corrected chi connectivity index (χ3v) is 5.38. The monoisotopic (exact) mass is 338 g/mol. The highest BCUT2D eigenvalue weighted by Crippen LogP contribution is 2.30. The molecule has 0 aromatic rings. The van der Waals surface area contributed by atoms with Crippen molar-refractivity contribution in [2.75, 3.05) is 39.8 Å². The van der Waals surface area contributed by atoms with Crippen LogP contribution in [0.25, 0.3) is 0 Å². The highest BCUT2D eigenvalue weighted by atomic mass is 16.2. The van der Waals surface area contributed by atoms with Gasteiger partial charge in [-0.05, 0) is 45.2 Å². The number of amides is 2. The summed E-state index contributed by atoms with van der Waals surface area (Å²) in [5, 5.41) is 5.68. The topological polar surface area (TPSA) is 64.7 Å². The maximum absolute atomic E-state index is 11.9. The van der Waals surface area contributed by atoms with Gasteiger partial charge in [0.25, 0.3) is 0 Å². The molecule has 138 valence electrons. The van der Waals surface area contributed by atoms with Crippen LogP contribution in [0.2, 0.25) is 0 Å². The highest BCUT2D eigenvalue weighted by molar-refractivity contribution is 5.76. The van der Waals surface area contributed by atoms with E-state index in [1.165, 1.54) is 25.7 Å². The third kappa shape index (κ3) is 5.45. The summed E-state index contributed by atoms with van der Waals surface area (Å²) in [5.41, 5.74) is 0. The van der Waals surface area contributed by atoms with Crippen LogP contribution in [0.4, 0.5) is 0 Å². The average molecular weight is 338 g/mol. The summed E-state index contributed by atoms with van der Waals surface area (Å²) >= 11 is 0. The molecule has 2 aliphatic rings. The molecule has 0 bridgehead atoms. The third-order valence-electron chi connectivity index (χ3n) is 5.38. The van der Waals surface area contributed by atoms with E-state index in [-0.39, 0.29) is 11.8 Å². The van der Waals surface area contributed by atoms with Crippen LogP contribution in [-0.4, -0.2) is 73.5 Å². The van der Waals surface area contributed by atoms with Crippen LogP contribution < -0.4 is 10.6 Å².